The number of benzene rings is 1. The molecule has 146 valence electrons. The lowest BCUT2D eigenvalue weighted by atomic mass is 10.2. The number of hydrogen-bond acceptors (Lipinski definition) is 5. The molecule has 1 heterocycles. The molecule has 0 fully saturated rings. The SMILES string of the molecule is CCCNC(=O)[C@H](C)NC(=O)c1ccc(S(=O)(=O)NCc2ccco2)cc1. The monoisotopic (exact) mass is 393 g/mol. The summed E-state index contributed by atoms with van der Waals surface area (Å²) in [4.78, 5) is 24.0. The molecule has 0 spiro atoms. The normalized spacial score (nSPS) is 12.4. The molecular weight excluding hydrogens is 370 g/mol. The molecule has 0 radical (unpaired) electrons. The summed E-state index contributed by atoms with van der Waals surface area (Å²) in [5.41, 5.74) is 0.259. The van der Waals surface area contributed by atoms with Crippen molar-refractivity contribution in [1.29, 1.82) is 0 Å². The smallest absolute Gasteiger partial charge is 0.251 e. The summed E-state index contributed by atoms with van der Waals surface area (Å²) in [5, 5.41) is 5.27. The number of amides is 2. The van der Waals surface area contributed by atoms with Gasteiger partial charge in [0.05, 0.1) is 17.7 Å². The summed E-state index contributed by atoms with van der Waals surface area (Å²) >= 11 is 0. The van der Waals surface area contributed by atoms with Crippen molar-refractivity contribution in [3.8, 4) is 0 Å². The van der Waals surface area contributed by atoms with Gasteiger partial charge in [-0.05, 0) is 49.7 Å². The Bertz CT molecular complexity index is 861. The lowest BCUT2D eigenvalue weighted by Crippen LogP contribution is -2.45. The lowest BCUT2D eigenvalue weighted by molar-refractivity contribution is -0.122. The van der Waals surface area contributed by atoms with Crippen molar-refractivity contribution < 1.29 is 22.4 Å². The van der Waals surface area contributed by atoms with Crippen molar-refractivity contribution >= 4 is 21.8 Å². The van der Waals surface area contributed by atoms with Gasteiger partial charge < -0.3 is 15.1 Å². The molecule has 0 aliphatic rings. The first-order chi connectivity index (χ1) is 12.8. The highest BCUT2D eigenvalue weighted by Gasteiger charge is 2.18. The van der Waals surface area contributed by atoms with Gasteiger partial charge in [-0.25, -0.2) is 13.1 Å². The fraction of sp³-hybridized carbons (Fsp3) is 0.333. The van der Waals surface area contributed by atoms with Gasteiger partial charge in [-0.15, -0.1) is 0 Å². The van der Waals surface area contributed by atoms with Crippen LogP contribution in [0.15, 0.2) is 52.0 Å². The van der Waals surface area contributed by atoms with Crippen LogP contribution in [-0.4, -0.2) is 32.8 Å². The van der Waals surface area contributed by atoms with Gasteiger partial charge in [0.15, 0.2) is 0 Å². The van der Waals surface area contributed by atoms with Gasteiger partial charge >= 0.3 is 0 Å². The lowest BCUT2D eigenvalue weighted by Gasteiger charge is -2.14. The zero-order valence-electron chi connectivity index (χ0n) is 15.2. The van der Waals surface area contributed by atoms with E-state index in [-0.39, 0.29) is 22.9 Å². The minimum atomic E-state index is -3.73. The van der Waals surface area contributed by atoms with E-state index in [1.165, 1.54) is 30.5 Å². The first kappa shape index (κ1) is 20.7. The molecule has 2 rings (SSSR count). The Morgan fingerprint density at radius 3 is 2.44 bits per heavy atom. The van der Waals surface area contributed by atoms with Crippen molar-refractivity contribution in [2.24, 2.45) is 0 Å². The van der Waals surface area contributed by atoms with Crippen molar-refractivity contribution in [3.63, 3.8) is 0 Å². The average Bonchev–Trinajstić information content (AvgIpc) is 3.18. The Hall–Kier alpha value is -2.65. The second-order valence-electron chi connectivity index (χ2n) is 5.91. The van der Waals surface area contributed by atoms with Gasteiger partial charge in [-0.3, -0.25) is 9.59 Å². The van der Waals surface area contributed by atoms with Crippen LogP contribution in [0.5, 0.6) is 0 Å². The van der Waals surface area contributed by atoms with Crippen LogP contribution < -0.4 is 15.4 Å². The average molecular weight is 393 g/mol. The molecule has 0 unspecified atom stereocenters. The third kappa shape index (κ3) is 5.93. The number of nitrogens with one attached hydrogen (secondary N) is 3. The van der Waals surface area contributed by atoms with Crippen LogP contribution in [0.3, 0.4) is 0 Å². The minimum Gasteiger partial charge on any atom is -0.468 e. The van der Waals surface area contributed by atoms with E-state index in [2.05, 4.69) is 15.4 Å². The first-order valence-corrected chi connectivity index (χ1v) is 10.0. The summed E-state index contributed by atoms with van der Waals surface area (Å²) in [5.74, 6) is -0.238. The van der Waals surface area contributed by atoms with Gasteiger partial charge in [0.1, 0.15) is 11.8 Å². The molecule has 0 aliphatic carbocycles. The molecule has 27 heavy (non-hydrogen) atoms. The van der Waals surface area contributed by atoms with Crippen LogP contribution in [-0.2, 0) is 21.4 Å². The molecule has 1 aromatic heterocycles. The maximum atomic E-state index is 12.3. The van der Waals surface area contributed by atoms with E-state index in [1.807, 2.05) is 6.92 Å². The van der Waals surface area contributed by atoms with E-state index in [0.29, 0.717) is 12.3 Å². The molecule has 1 aromatic carbocycles. The largest absolute Gasteiger partial charge is 0.468 e. The standard InChI is InChI=1S/C18H23N3O5S/c1-3-10-19-17(22)13(2)21-18(23)14-6-8-16(9-7-14)27(24,25)20-12-15-5-4-11-26-15/h4-9,11,13,20H,3,10,12H2,1-2H3,(H,19,22)(H,21,23)/t13-/m0/s1. The zero-order chi connectivity index (χ0) is 19.9. The summed E-state index contributed by atoms with van der Waals surface area (Å²) in [6.45, 7) is 4.08. The van der Waals surface area contributed by atoms with Gasteiger partial charge in [0, 0.05) is 12.1 Å². The van der Waals surface area contributed by atoms with E-state index in [4.69, 9.17) is 4.42 Å². The minimum absolute atomic E-state index is 0.0272. The highest BCUT2D eigenvalue weighted by molar-refractivity contribution is 7.89. The third-order valence-electron chi connectivity index (χ3n) is 3.73. The number of rotatable bonds is 9. The molecular formula is C18H23N3O5S. The van der Waals surface area contributed by atoms with E-state index >= 15 is 0 Å². The van der Waals surface area contributed by atoms with Crippen LogP contribution >= 0.6 is 0 Å². The molecule has 2 aromatic rings. The maximum Gasteiger partial charge on any atom is 0.251 e. The predicted octanol–water partition coefficient (Wildman–Crippen LogP) is 1.40. The molecule has 3 N–H and O–H groups in total. The molecule has 8 nitrogen and oxygen atoms in total. The summed E-state index contributed by atoms with van der Waals surface area (Å²) in [7, 11) is -3.73. The van der Waals surface area contributed by atoms with E-state index in [9.17, 15) is 18.0 Å². The third-order valence-corrected chi connectivity index (χ3v) is 5.15. The van der Waals surface area contributed by atoms with Crippen LogP contribution in [0.25, 0.3) is 0 Å². The van der Waals surface area contributed by atoms with Crippen molar-refractivity contribution in [2.75, 3.05) is 6.54 Å². The van der Waals surface area contributed by atoms with E-state index < -0.39 is 22.0 Å². The number of carbonyl (C=O) groups is 2. The Kier molecular flexibility index (Phi) is 7.14. The Morgan fingerprint density at radius 2 is 1.85 bits per heavy atom. The fourth-order valence-corrected chi connectivity index (χ4v) is 3.19. The first-order valence-electron chi connectivity index (χ1n) is 8.54. The van der Waals surface area contributed by atoms with Crippen LogP contribution in [0.4, 0.5) is 0 Å². The molecule has 2 amide bonds. The van der Waals surface area contributed by atoms with Crippen molar-refractivity contribution in [3.05, 3.63) is 54.0 Å². The number of carbonyl (C=O) groups excluding carboxylic acids is 2. The molecule has 0 bridgehead atoms. The van der Waals surface area contributed by atoms with E-state index in [1.54, 1.807) is 19.1 Å². The van der Waals surface area contributed by atoms with Crippen molar-refractivity contribution in [2.45, 2.75) is 37.8 Å². The second kappa shape index (κ2) is 9.33. The van der Waals surface area contributed by atoms with Gasteiger partial charge in [-0.1, -0.05) is 6.92 Å². The quantitative estimate of drug-likeness (QED) is 0.595. The summed E-state index contributed by atoms with van der Waals surface area (Å²) in [6, 6.07) is 8.10. The van der Waals surface area contributed by atoms with Crippen LogP contribution in [0, 0.1) is 0 Å². The second-order valence-corrected chi connectivity index (χ2v) is 7.68. The Morgan fingerprint density at radius 1 is 1.15 bits per heavy atom. The molecule has 0 saturated heterocycles. The number of hydrogen-bond donors (Lipinski definition) is 3. The highest BCUT2D eigenvalue weighted by atomic mass is 32.2. The van der Waals surface area contributed by atoms with Crippen LogP contribution in [0.1, 0.15) is 36.4 Å². The maximum absolute atomic E-state index is 12.3. The topological polar surface area (TPSA) is 118 Å². The fourth-order valence-electron chi connectivity index (χ4n) is 2.19. The summed E-state index contributed by atoms with van der Waals surface area (Å²) < 4.78 is 32.0. The number of sulfonamides is 1. The van der Waals surface area contributed by atoms with Crippen LogP contribution in [0.2, 0.25) is 0 Å². The highest BCUT2D eigenvalue weighted by Crippen LogP contribution is 2.12. The van der Waals surface area contributed by atoms with Gasteiger partial charge in [0.25, 0.3) is 5.91 Å². The molecule has 9 heteroatoms. The molecule has 1 atom stereocenters. The summed E-state index contributed by atoms with van der Waals surface area (Å²) in [6.07, 6.45) is 2.26. The Balaban J connectivity index is 1.97. The van der Waals surface area contributed by atoms with Crippen molar-refractivity contribution in [1.82, 2.24) is 15.4 Å². The molecule has 0 aliphatic heterocycles. The van der Waals surface area contributed by atoms with E-state index in [0.717, 1.165) is 6.42 Å². The Labute approximate surface area is 158 Å². The number of furan rings is 1. The van der Waals surface area contributed by atoms with Gasteiger partial charge in [0.2, 0.25) is 15.9 Å². The zero-order valence-corrected chi connectivity index (χ0v) is 16.0. The molecule has 0 saturated carbocycles. The van der Waals surface area contributed by atoms with Gasteiger partial charge in [-0.2, -0.15) is 0 Å². The predicted molar refractivity (Wildman–Crippen MR) is 99.4 cm³/mol.